The first kappa shape index (κ1) is 21.1. The zero-order valence-corrected chi connectivity index (χ0v) is 17.6. The molecule has 0 fully saturated rings. The number of hydrogen-bond acceptors (Lipinski definition) is 6. The average molecular weight is 409 g/mol. The number of amides is 2. The molecule has 2 heterocycles. The summed E-state index contributed by atoms with van der Waals surface area (Å²) >= 11 is 2.62. The summed E-state index contributed by atoms with van der Waals surface area (Å²) in [6.07, 6.45) is 0.218. The number of esters is 1. The lowest BCUT2D eigenvalue weighted by Gasteiger charge is -2.18. The third-order valence-corrected chi connectivity index (χ3v) is 6.11. The molecule has 0 radical (unpaired) electrons. The maximum absolute atomic E-state index is 12.8. The summed E-state index contributed by atoms with van der Waals surface area (Å²) in [6, 6.07) is 3.76. The summed E-state index contributed by atoms with van der Waals surface area (Å²) in [4.78, 5) is 40.7. The summed E-state index contributed by atoms with van der Waals surface area (Å²) < 4.78 is 5.14. The summed E-state index contributed by atoms with van der Waals surface area (Å²) in [6.45, 7) is 8.60. The third kappa shape index (κ3) is 4.95. The van der Waals surface area contributed by atoms with Gasteiger partial charge in [0.1, 0.15) is 5.00 Å². The number of carbonyl (C=O) groups is 3. The predicted octanol–water partition coefficient (Wildman–Crippen LogP) is 3.96. The molecule has 1 N–H and O–H groups in total. The molecule has 6 nitrogen and oxygen atoms in total. The van der Waals surface area contributed by atoms with Crippen LogP contribution in [0.1, 0.15) is 51.2 Å². The van der Waals surface area contributed by atoms with Crippen LogP contribution < -0.4 is 5.32 Å². The quantitative estimate of drug-likeness (QED) is 0.671. The number of thiophene rings is 2. The number of rotatable bonds is 8. The Morgan fingerprint density at radius 3 is 2.44 bits per heavy atom. The molecule has 8 heteroatoms. The lowest BCUT2D eigenvalue weighted by Crippen LogP contribution is -2.30. The molecule has 0 aliphatic carbocycles. The molecule has 0 saturated heterocycles. The van der Waals surface area contributed by atoms with E-state index in [1.807, 2.05) is 31.4 Å². The van der Waals surface area contributed by atoms with Crippen molar-refractivity contribution >= 4 is 45.5 Å². The molecule has 0 aromatic carbocycles. The second-order valence-corrected chi connectivity index (χ2v) is 7.82. The van der Waals surface area contributed by atoms with Crippen LogP contribution >= 0.6 is 22.7 Å². The van der Waals surface area contributed by atoms with Gasteiger partial charge in [0.15, 0.2) is 0 Å². The van der Waals surface area contributed by atoms with Crippen molar-refractivity contribution in [3.8, 4) is 0 Å². The predicted molar refractivity (Wildman–Crippen MR) is 109 cm³/mol. The van der Waals surface area contributed by atoms with E-state index in [0.29, 0.717) is 28.5 Å². The van der Waals surface area contributed by atoms with Crippen molar-refractivity contribution in [1.29, 1.82) is 0 Å². The highest BCUT2D eigenvalue weighted by atomic mass is 32.1. The van der Waals surface area contributed by atoms with Gasteiger partial charge in [0.05, 0.1) is 23.5 Å². The van der Waals surface area contributed by atoms with Crippen molar-refractivity contribution < 1.29 is 19.1 Å². The van der Waals surface area contributed by atoms with E-state index in [4.69, 9.17) is 4.74 Å². The van der Waals surface area contributed by atoms with E-state index in [1.165, 1.54) is 11.3 Å². The van der Waals surface area contributed by atoms with Crippen LogP contribution in [-0.4, -0.2) is 42.4 Å². The molecular formula is C19H24N2O4S2. The maximum Gasteiger partial charge on any atom is 0.341 e. The lowest BCUT2D eigenvalue weighted by atomic mass is 10.1. The molecule has 2 rings (SSSR count). The monoisotopic (exact) mass is 408 g/mol. The number of nitrogens with zero attached hydrogens (tertiary/aromatic N) is 1. The SMILES string of the molecule is CCOC(=O)c1c(NC(=O)Cc2cccs2)sc(C(=O)N(CC)CC)c1C. The number of ether oxygens (including phenoxy) is 1. The zero-order chi connectivity index (χ0) is 20.0. The van der Waals surface area contributed by atoms with Gasteiger partial charge in [-0.05, 0) is 44.7 Å². The molecule has 0 aliphatic heterocycles. The van der Waals surface area contributed by atoms with E-state index in [0.717, 1.165) is 16.2 Å². The second-order valence-electron chi connectivity index (χ2n) is 5.76. The number of anilines is 1. The Kier molecular flexibility index (Phi) is 7.55. The molecule has 0 atom stereocenters. The van der Waals surface area contributed by atoms with E-state index in [2.05, 4.69) is 5.32 Å². The van der Waals surface area contributed by atoms with Crippen LogP contribution in [0.5, 0.6) is 0 Å². The van der Waals surface area contributed by atoms with Gasteiger partial charge in [-0.25, -0.2) is 4.79 Å². The van der Waals surface area contributed by atoms with Crippen molar-refractivity contribution in [2.45, 2.75) is 34.1 Å². The van der Waals surface area contributed by atoms with Gasteiger partial charge in [0.25, 0.3) is 5.91 Å². The van der Waals surface area contributed by atoms with Crippen LogP contribution in [0.3, 0.4) is 0 Å². The number of hydrogen-bond donors (Lipinski definition) is 1. The highest BCUT2D eigenvalue weighted by Gasteiger charge is 2.28. The largest absolute Gasteiger partial charge is 0.462 e. The van der Waals surface area contributed by atoms with Crippen molar-refractivity contribution in [2.75, 3.05) is 25.0 Å². The van der Waals surface area contributed by atoms with Gasteiger partial charge < -0.3 is 15.0 Å². The van der Waals surface area contributed by atoms with Gasteiger partial charge in [-0.15, -0.1) is 22.7 Å². The molecule has 0 spiro atoms. The Bertz CT molecular complexity index is 808. The Morgan fingerprint density at radius 2 is 1.89 bits per heavy atom. The smallest absolute Gasteiger partial charge is 0.341 e. The summed E-state index contributed by atoms with van der Waals surface area (Å²) in [5.74, 6) is -0.908. The molecule has 27 heavy (non-hydrogen) atoms. The minimum Gasteiger partial charge on any atom is -0.462 e. The normalized spacial score (nSPS) is 10.5. The standard InChI is InChI=1S/C19H24N2O4S2/c1-5-21(6-2)18(23)16-12(4)15(19(24)25-7-3)17(27-16)20-14(22)11-13-9-8-10-26-13/h8-10H,5-7,11H2,1-4H3,(H,20,22). The molecule has 0 saturated carbocycles. The van der Waals surface area contributed by atoms with Crippen LogP contribution in [0.2, 0.25) is 0 Å². The first-order chi connectivity index (χ1) is 12.9. The van der Waals surface area contributed by atoms with Crippen LogP contribution in [0, 0.1) is 6.92 Å². The van der Waals surface area contributed by atoms with E-state index in [1.54, 1.807) is 18.7 Å². The van der Waals surface area contributed by atoms with E-state index < -0.39 is 5.97 Å². The molecule has 0 aliphatic rings. The molecule has 0 unspecified atom stereocenters. The molecule has 0 bridgehead atoms. The van der Waals surface area contributed by atoms with Gasteiger partial charge in [-0.1, -0.05) is 6.07 Å². The summed E-state index contributed by atoms with van der Waals surface area (Å²) in [5.41, 5.74) is 0.804. The highest BCUT2D eigenvalue weighted by Crippen LogP contribution is 2.34. The fourth-order valence-corrected chi connectivity index (χ4v) is 4.53. The summed E-state index contributed by atoms with van der Waals surface area (Å²) in [5, 5.41) is 5.06. The van der Waals surface area contributed by atoms with Gasteiger partial charge in [0, 0.05) is 18.0 Å². The topological polar surface area (TPSA) is 75.7 Å². The van der Waals surface area contributed by atoms with Crippen LogP contribution in [-0.2, 0) is 16.0 Å². The molecule has 146 valence electrons. The Hall–Kier alpha value is -2.19. The molecule has 2 aromatic rings. The Labute approximate surface area is 167 Å². The average Bonchev–Trinajstić information content (AvgIpc) is 3.24. The van der Waals surface area contributed by atoms with E-state index in [9.17, 15) is 14.4 Å². The van der Waals surface area contributed by atoms with Gasteiger partial charge in [0.2, 0.25) is 5.91 Å². The van der Waals surface area contributed by atoms with Crippen LogP contribution in [0.4, 0.5) is 5.00 Å². The minimum absolute atomic E-state index is 0.146. The summed E-state index contributed by atoms with van der Waals surface area (Å²) in [7, 11) is 0. The van der Waals surface area contributed by atoms with E-state index in [-0.39, 0.29) is 30.4 Å². The Morgan fingerprint density at radius 1 is 1.19 bits per heavy atom. The maximum atomic E-state index is 12.8. The lowest BCUT2D eigenvalue weighted by molar-refractivity contribution is -0.115. The first-order valence-corrected chi connectivity index (χ1v) is 10.5. The number of carbonyl (C=O) groups excluding carboxylic acids is 3. The molecule has 2 amide bonds. The molecular weight excluding hydrogens is 384 g/mol. The minimum atomic E-state index is -0.531. The fourth-order valence-electron chi connectivity index (χ4n) is 2.65. The van der Waals surface area contributed by atoms with Crippen LogP contribution in [0.25, 0.3) is 0 Å². The fraction of sp³-hybridized carbons (Fsp3) is 0.421. The highest BCUT2D eigenvalue weighted by molar-refractivity contribution is 7.18. The third-order valence-electron chi connectivity index (χ3n) is 4.04. The molecule has 2 aromatic heterocycles. The second kappa shape index (κ2) is 9.66. The van der Waals surface area contributed by atoms with Crippen LogP contribution in [0.15, 0.2) is 17.5 Å². The van der Waals surface area contributed by atoms with Gasteiger partial charge >= 0.3 is 5.97 Å². The van der Waals surface area contributed by atoms with Crippen molar-refractivity contribution in [1.82, 2.24) is 4.90 Å². The Balaban J connectivity index is 2.35. The van der Waals surface area contributed by atoms with Crippen molar-refractivity contribution in [2.24, 2.45) is 0 Å². The first-order valence-electron chi connectivity index (χ1n) is 8.84. The van der Waals surface area contributed by atoms with Gasteiger partial charge in [-0.3, -0.25) is 9.59 Å². The van der Waals surface area contributed by atoms with E-state index >= 15 is 0 Å². The number of nitrogens with one attached hydrogen (secondary N) is 1. The van der Waals surface area contributed by atoms with Gasteiger partial charge in [-0.2, -0.15) is 0 Å². The van der Waals surface area contributed by atoms with Crippen molar-refractivity contribution in [3.05, 3.63) is 38.4 Å². The van der Waals surface area contributed by atoms with Crippen molar-refractivity contribution in [3.63, 3.8) is 0 Å². The zero-order valence-electron chi connectivity index (χ0n) is 16.0.